The molecule has 0 amide bonds. The topological polar surface area (TPSA) is 24.9 Å². The molecular weight excluding hydrogens is 212 g/mol. The first-order valence-corrected chi connectivity index (χ1v) is 6.99. The minimum Gasteiger partial charge on any atom is -0.308 e. The molecule has 1 saturated heterocycles. The molecule has 0 saturated carbocycles. The van der Waals surface area contributed by atoms with E-state index in [0.29, 0.717) is 0 Å². The molecule has 0 atom stereocenters. The van der Waals surface area contributed by atoms with Crippen LogP contribution in [0.3, 0.4) is 0 Å². The van der Waals surface area contributed by atoms with Gasteiger partial charge < -0.3 is 5.32 Å². The maximum Gasteiger partial charge on any atom is 0.113 e. The second-order valence-electron chi connectivity index (χ2n) is 3.74. The molecule has 1 fully saturated rings. The van der Waals surface area contributed by atoms with Crippen LogP contribution in [0.15, 0.2) is 5.38 Å². The first-order valence-electron chi connectivity index (χ1n) is 4.96. The Labute approximate surface area is 93.5 Å². The Balaban J connectivity index is 2.26. The molecule has 0 aliphatic carbocycles. The Morgan fingerprint density at radius 3 is 2.64 bits per heavy atom. The summed E-state index contributed by atoms with van der Waals surface area (Å²) >= 11 is 3.85. The maximum atomic E-state index is 4.62. The van der Waals surface area contributed by atoms with E-state index in [1.807, 2.05) is 0 Å². The van der Waals surface area contributed by atoms with Gasteiger partial charge in [0.05, 0.1) is 5.54 Å². The summed E-state index contributed by atoms with van der Waals surface area (Å²) in [5.41, 5.74) is 1.32. The summed E-state index contributed by atoms with van der Waals surface area (Å²) in [7, 11) is 2.06. The second kappa shape index (κ2) is 4.21. The van der Waals surface area contributed by atoms with E-state index in [4.69, 9.17) is 0 Å². The first-order chi connectivity index (χ1) is 6.77. The lowest BCUT2D eigenvalue weighted by Gasteiger charge is -2.34. The van der Waals surface area contributed by atoms with E-state index >= 15 is 0 Å². The fourth-order valence-corrected chi connectivity index (χ4v) is 4.12. The number of hydrogen-bond donors (Lipinski definition) is 1. The molecule has 2 rings (SSSR count). The quantitative estimate of drug-likeness (QED) is 0.841. The average Bonchev–Trinajstić information content (AvgIpc) is 2.66. The van der Waals surface area contributed by atoms with Crippen molar-refractivity contribution in [1.82, 2.24) is 10.3 Å². The zero-order chi connectivity index (χ0) is 10.0. The fraction of sp³-hybridized carbons (Fsp3) is 0.700. The number of nitrogens with zero attached hydrogens (tertiary/aromatic N) is 1. The lowest BCUT2D eigenvalue weighted by Crippen LogP contribution is -2.43. The van der Waals surface area contributed by atoms with Crippen LogP contribution in [0.4, 0.5) is 0 Å². The summed E-state index contributed by atoms with van der Waals surface area (Å²) in [6.45, 7) is 2.07. The Bertz CT molecular complexity index is 303. The van der Waals surface area contributed by atoms with Crippen molar-refractivity contribution in [3.8, 4) is 0 Å². The third-order valence-corrected chi connectivity index (χ3v) is 5.00. The van der Waals surface area contributed by atoms with Gasteiger partial charge in [-0.3, -0.25) is 0 Å². The van der Waals surface area contributed by atoms with Crippen molar-refractivity contribution in [2.24, 2.45) is 0 Å². The van der Waals surface area contributed by atoms with E-state index in [-0.39, 0.29) is 5.54 Å². The lowest BCUT2D eigenvalue weighted by molar-refractivity contribution is 0.331. The van der Waals surface area contributed by atoms with E-state index < -0.39 is 0 Å². The van der Waals surface area contributed by atoms with Crippen LogP contribution in [0.2, 0.25) is 0 Å². The number of rotatable bonds is 2. The molecule has 0 bridgehead atoms. The Morgan fingerprint density at radius 2 is 2.14 bits per heavy atom. The Morgan fingerprint density at radius 1 is 1.43 bits per heavy atom. The monoisotopic (exact) mass is 228 g/mol. The maximum absolute atomic E-state index is 4.62. The summed E-state index contributed by atoms with van der Waals surface area (Å²) in [5, 5.41) is 6.91. The molecule has 1 aromatic heterocycles. The number of thioether (sulfide) groups is 1. The minimum absolute atomic E-state index is 0.171. The minimum atomic E-state index is 0.171. The van der Waals surface area contributed by atoms with Crippen molar-refractivity contribution in [2.75, 3.05) is 18.6 Å². The predicted molar refractivity (Wildman–Crippen MR) is 64.1 cm³/mol. The SMILES string of the molecule is CNC1(c2nc(C)cs2)CCSCC1. The van der Waals surface area contributed by atoms with Crippen molar-refractivity contribution in [3.05, 3.63) is 16.1 Å². The van der Waals surface area contributed by atoms with Gasteiger partial charge in [-0.2, -0.15) is 11.8 Å². The van der Waals surface area contributed by atoms with Crippen LogP contribution >= 0.6 is 23.1 Å². The van der Waals surface area contributed by atoms with Crippen molar-refractivity contribution in [2.45, 2.75) is 25.3 Å². The van der Waals surface area contributed by atoms with Gasteiger partial charge >= 0.3 is 0 Å². The summed E-state index contributed by atoms with van der Waals surface area (Å²) in [6.07, 6.45) is 2.42. The zero-order valence-electron chi connectivity index (χ0n) is 8.67. The molecule has 0 radical (unpaired) electrons. The molecule has 78 valence electrons. The highest BCUT2D eigenvalue weighted by Crippen LogP contribution is 2.36. The van der Waals surface area contributed by atoms with Crippen LogP contribution in [-0.4, -0.2) is 23.5 Å². The molecule has 2 nitrogen and oxygen atoms in total. The van der Waals surface area contributed by atoms with Crippen molar-refractivity contribution in [3.63, 3.8) is 0 Å². The zero-order valence-corrected chi connectivity index (χ0v) is 10.3. The number of thiazole rings is 1. The van der Waals surface area contributed by atoms with Gasteiger partial charge in [-0.15, -0.1) is 11.3 Å². The number of nitrogens with one attached hydrogen (secondary N) is 1. The molecule has 1 N–H and O–H groups in total. The molecule has 4 heteroatoms. The van der Waals surface area contributed by atoms with Crippen LogP contribution in [-0.2, 0) is 5.54 Å². The molecule has 1 aliphatic heterocycles. The molecule has 0 unspecified atom stereocenters. The standard InChI is InChI=1S/C10H16N2S2/c1-8-7-14-9(12-8)10(11-2)3-5-13-6-4-10/h7,11H,3-6H2,1-2H3. The highest BCUT2D eigenvalue weighted by molar-refractivity contribution is 7.99. The smallest absolute Gasteiger partial charge is 0.113 e. The third kappa shape index (κ3) is 1.83. The molecular formula is C10H16N2S2. The van der Waals surface area contributed by atoms with Crippen LogP contribution in [0.1, 0.15) is 23.5 Å². The van der Waals surface area contributed by atoms with Gasteiger partial charge in [0.2, 0.25) is 0 Å². The first kappa shape index (κ1) is 10.5. The summed E-state index contributed by atoms with van der Waals surface area (Å²) in [5.74, 6) is 2.50. The van der Waals surface area contributed by atoms with Crippen LogP contribution in [0.5, 0.6) is 0 Å². The predicted octanol–water partition coefficient (Wildman–Crippen LogP) is 2.39. The van der Waals surface area contributed by atoms with Crippen LogP contribution in [0, 0.1) is 6.92 Å². The largest absolute Gasteiger partial charge is 0.308 e. The van der Waals surface area contributed by atoms with Gasteiger partial charge in [0, 0.05) is 11.1 Å². The second-order valence-corrected chi connectivity index (χ2v) is 5.82. The van der Waals surface area contributed by atoms with Gasteiger partial charge in [0.25, 0.3) is 0 Å². The number of hydrogen-bond acceptors (Lipinski definition) is 4. The van der Waals surface area contributed by atoms with E-state index in [9.17, 15) is 0 Å². The van der Waals surface area contributed by atoms with E-state index in [0.717, 1.165) is 5.69 Å². The molecule has 2 heterocycles. The van der Waals surface area contributed by atoms with Crippen molar-refractivity contribution >= 4 is 23.1 Å². The molecule has 1 aliphatic rings. The Hall–Kier alpha value is -0.0600. The van der Waals surface area contributed by atoms with E-state index in [2.05, 4.69) is 41.4 Å². The summed E-state index contributed by atoms with van der Waals surface area (Å²) < 4.78 is 0. The lowest BCUT2D eigenvalue weighted by atomic mass is 9.93. The van der Waals surface area contributed by atoms with Gasteiger partial charge in [-0.25, -0.2) is 4.98 Å². The number of aryl methyl sites for hydroxylation is 1. The highest BCUT2D eigenvalue weighted by atomic mass is 32.2. The molecule has 0 aromatic carbocycles. The van der Waals surface area contributed by atoms with Gasteiger partial charge in [0.1, 0.15) is 5.01 Å². The highest BCUT2D eigenvalue weighted by Gasteiger charge is 2.34. The normalized spacial score (nSPS) is 21.0. The van der Waals surface area contributed by atoms with Crippen LogP contribution in [0.25, 0.3) is 0 Å². The fourth-order valence-electron chi connectivity index (χ4n) is 1.86. The number of aromatic nitrogens is 1. The van der Waals surface area contributed by atoms with Gasteiger partial charge in [0.15, 0.2) is 0 Å². The van der Waals surface area contributed by atoms with Gasteiger partial charge in [-0.05, 0) is 38.3 Å². The van der Waals surface area contributed by atoms with Gasteiger partial charge in [-0.1, -0.05) is 0 Å². The van der Waals surface area contributed by atoms with Crippen LogP contribution < -0.4 is 5.32 Å². The van der Waals surface area contributed by atoms with Crippen molar-refractivity contribution < 1.29 is 0 Å². The van der Waals surface area contributed by atoms with E-state index in [1.54, 1.807) is 11.3 Å². The Kier molecular flexibility index (Phi) is 3.14. The third-order valence-electron chi connectivity index (χ3n) is 2.85. The molecule has 1 aromatic rings. The summed E-state index contributed by atoms with van der Waals surface area (Å²) in [4.78, 5) is 4.62. The molecule has 14 heavy (non-hydrogen) atoms. The summed E-state index contributed by atoms with van der Waals surface area (Å²) in [6, 6.07) is 0. The van der Waals surface area contributed by atoms with Crippen molar-refractivity contribution in [1.29, 1.82) is 0 Å². The average molecular weight is 228 g/mol. The molecule has 0 spiro atoms. The van der Waals surface area contributed by atoms with E-state index in [1.165, 1.54) is 29.4 Å².